The fourth-order valence-electron chi connectivity index (χ4n) is 3.17. The molecule has 0 N–H and O–H groups in total. The van der Waals surface area contributed by atoms with E-state index in [1.54, 1.807) is 36.4 Å². The summed E-state index contributed by atoms with van der Waals surface area (Å²) in [7, 11) is -7.53. The Morgan fingerprint density at radius 1 is 1.04 bits per heavy atom. The quantitative estimate of drug-likeness (QED) is 0.671. The summed E-state index contributed by atoms with van der Waals surface area (Å²) < 4.78 is 57.1. The molecular formula is C19H22O5S2. The first kappa shape index (κ1) is 18.9. The predicted molar refractivity (Wildman–Crippen MR) is 99.9 cm³/mol. The van der Waals surface area contributed by atoms with E-state index in [4.69, 9.17) is 4.74 Å². The first-order chi connectivity index (χ1) is 12.4. The van der Waals surface area contributed by atoms with Crippen LogP contribution in [0.25, 0.3) is 0 Å². The van der Waals surface area contributed by atoms with E-state index in [2.05, 4.69) is 6.92 Å². The van der Waals surface area contributed by atoms with Gasteiger partial charge in [0.2, 0.25) is 0 Å². The first-order valence-corrected chi connectivity index (χ1v) is 11.8. The molecule has 26 heavy (non-hydrogen) atoms. The Labute approximate surface area is 154 Å². The highest BCUT2D eigenvalue weighted by molar-refractivity contribution is 7.96. The van der Waals surface area contributed by atoms with E-state index in [0.29, 0.717) is 12.2 Å². The average Bonchev–Trinajstić information content (AvgIpc) is 2.92. The minimum atomic E-state index is -3.80. The number of ether oxygens (including phenoxy) is 1. The van der Waals surface area contributed by atoms with Gasteiger partial charge in [-0.3, -0.25) is 0 Å². The molecule has 5 nitrogen and oxygen atoms in total. The zero-order chi connectivity index (χ0) is 18.8. The van der Waals surface area contributed by atoms with Crippen LogP contribution in [0.5, 0.6) is 5.75 Å². The van der Waals surface area contributed by atoms with Gasteiger partial charge in [-0.05, 0) is 30.2 Å². The molecule has 1 aliphatic rings. The summed E-state index contributed by atoms with van der Waals surface area (Å²) in [5, 5.41) is -1.11. The van der Waals surface area contributed by atoms with Crippen molar-refractivity contribution < 1.29 is 21.6 Å². The predicted octanol–water partition coefficient (Wildman–Crippen LogP) is 3.56. The molecule has 2 aromatic rings. The molecule has 1 unspecified atom stereocenters. The molecular weight excluding hydrogens is 372 g/mol. The van der Waals surface area contributed by atoms with Crippen LogP contribution in [0, 0.1) is 0 Å². The summed E-state index contributed by atoms with van der Waals surface area (Å²) in [6, 6.07) is 12.8. The third-order valence-electron chi connectivity index (χ3n) is 4.49. The lowest BCUT2D eigenvalue weighted by molar-refractivity contribution is 0.298. The zero-order valence-corrected chi connectivity index (χ0v) is 16.2. The van der Waals surface area contributed by atoms with E-state index in [0.717, 1.165) is 19.3 Å². The van der Waals surface area contributed by atoms with Crippen molar-refractivity contribution in [2.75, 3.05) is 12.4 Å². The van der Waals surface area contributed by atoms with Gasteiger partial charge < -0.3 is 4.74 Å². The summed E-state index contributed by atoms with van der Waals surface area (Å²) in [4.78, 5) is 0.156. The largest absolute Gasteiger partial charge is 0.492 e. The Morgan fingerprint density at radius 2 is 1.77 bits per heavy atom. The topological polar surface area (TPSA) is 77.5 Å². The smallest absolute Gasteiger partial charge is 0.186 e. The lowest BCUT2D eigenvalue weighted by Crippen LogP contribution is -2.15. The maximum Gasteiger partial charge on any atom is 0.186 e. The average molecular weight is 395 g/mol. The fraction of sp³-hybridized carbons (Fsp3) is 0.368. The minimum Gasteiger partial charge on any atom is -0.492 e. The molecule has 0 amide bonds. The number of fused-ring (bicyclic) bond motifs is 1. The Balaban J connectivity index is 2.01. The van der Waals surface area contributed by atoms with Crippen molar-refractivity contribution in [1.82, 2.24) is 0 Å². The molecule has 0 fully saturated rings. The van der Waals surface area contributed by atoms with Crippen LogP contribution in [-0.4, -0.2) is 29.2 Å². The molecule has 1 aliphatic heterocycles. The van der Waals surface area contributed by atoms with Crippen LogP contribution in [0.4, 0.5) is 0 Å². The van der Waals surface area contributed by atoms with Crippen molar-refractivity contribution >= 4 is 19.7 Å². The number of hydrogen-bond donors (Lipinski definition) is 0. The molecule has 0 bridgehead atoms. The van der Waals surface area contributed by atoms with E-state index in [1.165, 1.54) is 12.1 Å². The van der Waals surface area contributed by atoms with E-state index < -0.39 is 30.7 Å². The van der Waals surface area contributed by atoms with Crippen LogP contribution in [0.2, 0.25) is 0 Å². The zero-order valence-electron chi connectivity index (χ0n) is 14.6. The van der Waals surface area contributed by atoms with Crippen molar-refractivity contribution in [3.63, 3.8) is 0 Å². The molecule has 140 valence electrons. The van der Waals surface area contributed by atoms with Crippen molar-refractivity contribution in [3.8, 4) is 5.75 Å². The Bertz CT molecular complexity index is 980. The van der Waals surface area contributed by atoms with Gasteiger partial charge in [-0.1, -0.05) is 50.1 Å². The summed E-state index contributed by atoms with van der Waals surface area (Å²) in [5.41, 5.74) is 0.307. The van der Waals surface area contributed by atoms with Crippen LogP contribution in [0.3, 0.4) is 0 Å². The maximum absolute atomic E-state index is 13.0. The second kappa shape index (κ2) is 7.40. The van der Waals surface area contributed by atoms with Crippen LogP contribution >= 0.6 is 0 Å². The number of unbranched alkanes of at least 4 members (excludes halogenated alkanes) is 2. The van der Waals surface area contributed by atoms with E-state index in [-0.39, 0.29) is 15.5 Å². The van der Waals surface area contributed by atoms with Gasteiger partial charge in [0.25, 0.3) is 0 Å². The van der Waals surface area contributed by atoms with Crippen LogP contribution in [0.15, 0.2) is 58.3 Å². The Morgan fingerprint density at radius 3 is 2.46 bits per heavy atom. The summed E-state index contributed by atoms with van der Waals surface area (Å²) >= 11 is 0. The molecule has 2 aromatic carbocycles. The highest BCUT2D eigenvalue weighted by Crippen LogP contribution is 2.45. The van der Waals surface area contributed by atoms with Crippen molar-refractivity contribution in [2.45, 2.75) is 41.2 Å². The lowest BCUT2D eigenvalue weighted by atomic mass is 10.1. The van der Waals surface area contributed by atoms with E-state index in [1.807, 2.05) is 0 Å². The number of hydrogen-bond acceptors (Lipinski definition) is 5. The lowest BCUT2D eigenvalue weighted by Gasteiger charge is -2.13. The van der Waals surface area contributed by atoms with Gasteiger partial charge in [0.1, 0.15) is 15.9 Å². The number of rotatable bonds is 7. The summed E-state index contributed by atoms with van der Waals surface area (Å²) in [5.74, 6) is -0.195. The SMILES string of the molecule is CCCCCOc1cccc2c1S(=O)(=O)CC2S(=O)(=O)c1ccccc1. The van der Waals surface area contributed by atoms with Crippen LogP contribution < -0.4 is 4.74 Å². The first-order valence-electron chi connectivity index (χ1n) is 8.65. The summed E-state index contributed by atoms with van der Waals surface area (Å²) in [6.07, 6.45) is 2.85. The molecule has 1 heterocycles. The molecule has 0 radical (unpaired) electrons. The van der Waals surface area contributed by atoms with Gasteiger partial charge in [0, 0.05) is 0 Å². The van der Waals surface area contributed by atoms with E-state index in [9.17, 15) is 16.8 Å². The second-order valence-corrected chi connectivity index (χ2v) is 10.5. The number of benzene rings is 2. The molecule has 7 heteroatoms. The molecule has 0 aliphatic carbocycles. The summed E-state index contributed by atoms with van der Waals surface area (Å²) in [6.45, 7) is 2.49. The third-order valence-corrected chi connectivity index (χ3v) is 8.63. The van der Waals surface area contributed by atoms with Gasteiger partial charge in [0.15, 0.2) is 19.7 Å². The molecule has 3 rings (SSSR count). The van der Waals surface area contributed by atoms with Gasteiger partial charge in [-0.15, -0.1) is 0 Å². The van der Waals surface area contributed by atoms with Gasteiger partial charge in [0.05, 0.1) is 17.3 Å². The van der Waals surface area contributed by atoms with Gasteiger partial charge in [-0.2, -0.15) is 0 Å². The second-order valence-electron chi connectivity index (χ2n) is 6.36. The van der Waals surface area contributed by atoms with Crippen molar-refractivity contribution in [1.29, 1.82) is 0 Å². The number of sulfone groups is 2. The molecule has 0 saturated heterocycles. The Kier molecular flexibility index (Phi) is 5.39. The standard InChI is InChI=1S/C19H22O5S2/c1-2-3-7-13-24-17-12-8-11-16-18(14-25(20,21)19(16)17)26(22,23)15-9-5-4-6-10-15/h4-6,8-12,18H,2-3,7,13-14H2,1H3. The van der Waals surface area contributed by atoms with Crippen LogP contribution in [-0.2, 0) is 19.7 Å². The Hall–Kier alpha value is -1.86. The highest BCUT2D eigenvalue weighted by atomic mass is 32.2. The molecule has 0 spiro atoms. The van der Waals surface area contributed by atoms with Crippen molar-refractivity contribution in [2.24, 2.45) is 0 Å². The third kappa shape index (κ3) is 3.50. The van der Waals surface area contributed by atoms with Gasteiger partial charge >= 0.3 is 0 Å². The highest BCUT2D eigenvalue weighted by Gasteiger charge is 2.44. The monoisotopic (exact) mass is 394 g/mol. The molecule has 0 aromatic heterocycles. The minimum absolute atomic E-state index is 0.0287. The van der Waals surface area contributed by atoms with E-state index >= 15 is 0 Å². The molecule has 1 atom stereocenters. The molecule has 0 saturated carbocycles. The van der Waals surface area contributed by atoms with Crippen LogP contribution in [0.1, 0.15) is 37.0 Å². The van der Waals surface area contributed by atoms with Crippen molar-refractivity contribution in [3.05, 3.63) is 54.1 Å². The van der Waals surface area contributed by atoms with Gasteiger partial charge in [-0.25, -0.2) is 16.8 Å². The normalized spacial score (nSPS) is 18.4. The fourth-order valence-corrected chi connectivity index (χ4v) is 7.64. The maximum atomic E-state index is 13.0.